The normalized spacial score (nSPS) is 51.2. The Bertz CT molecular complexity index is 1080. The number of carbonyl (C=O) groups excluding carboxylic acids is 2. The Morgan fingerprint density at radius 1 is 1.07 bits per heavy atom. The highest BCUT2D eigenvalue weighted by molar-refractivity contribution is 5.85. The second-order valence-electron chi connectivity index (χ2n) is 14.3. The smallest absolute Gasteiger partial charge is 0.331 e. The van der Waals surface area contributed by atoms with E-state index in [0.717, 1.165) is 50.5 Å². The molecule has 2 aliphatic heterocycles. The van der Waals surface area contributed by atoms with Crippen LogP contribution in [0, 0.1) is 34.5 Å². The van der Waals surface area contributed by atoms with Gasteiger partial charge in [0.25, 0.3) is 0 Å². The molecule has 41 heavy (non-hydrogen) atoms. The number of hydrogen-bond donors (Lipinski definition) is 2. The molecule has 0 radical (unpaired) electrons. The van der Waals surface area contributed by atoms with Gasteiger partial charge in [0.05, 0.1) is 23.9 Å². The Kier molecular flexibility index (Phi) is 7.62. The van der Waals surface area contributed by atoms with E-state index < -0.39 is 23.2 Å². The van der Waals surface area contributed by atoms with Crippen molar-refractivity contribution in [2.24, 2.45) is 34.5 Å². The van der Waals surface area contributed by atoms with E-state index in [4.69, 9.17) is 23.7 Å². The summed E-state index contributed by atoms with van der Waals surface area (Å²) in [6.45, 7) is 8.06. The molecule has 1 saturated heterocycles. The Hall–Kier alpha value is -1.52. The predicted molar refractivity (Wildman–Crippen MR) is 147 cm³/mol. The lowest BCUT2D eigenvalue weighted by Gasteiger charge is -2.63. The first-order valence-electron chi connectivity index (χ1n) is 15.7. The summed E-state index contributed by atoms with van der Waals surface area (Å²) in [4.78, 5) is 24.2. The third-order valence-corrected chi connectivity index (χ3v) is 12.5. The van der Waals surface area contributed by atoms with Gasteiger partial charge in [0, 0.05) is 44.3 Å². The first kappa shape index (κ1) is 29.5. The van der Waals surface area contributed by atoms with Crippen LogP contribution in [-0.4, -0.2) is 78.3 Å². The molecule has 0 aromatic carbocycles. The highest BCUT2D eigenvalue weighted by atomic mass is 16.7. The highest BCUT2D eigenvalue weighted by Crippen LogP contribution is 2.70. The van der Waals surface area contributed by atoms with Crippen LogP contribution in [0.1, 0.15) is 85.5 Å². The van der Waals surface area contributed by atoms with Crippen LogP contribution in [0.15, 0.2) is 11.6 Å². The third kappa shape index (κ3) is 4.69. The van der Waals surface area contributed by atoms with E-state index in [1.165, 1.54) is 6.92 Å². The maximum absolute atomic E-state index is 12.7. The van der Waals surface area contributed by atoms with Gasteiger partial charge in [-0.15, -0.1) is 0 Å². The van der Waals surface area contributed by atoms with Crippen LogP contribution in [0.25, 0.3) is 0 Å². The minimum Gasteiger partial charge on any atom is -0.462 e. The summed E-state index contributed by atoms with van der Waals surface area (Å²) in [6, 6.07) is 0. The van der Waals surface area contributed by atoms with Crippen molar-refractivity contribution in [3.63, 3.8) is 0 Å². The molecule has 0 amide bonds. The number of fused-ring (bicyclic) bond motifs is 5. The molecule has 6 aliphatic rings. The summed E-state index contributed by atoms with van der Waals surface area (Å²) in [5.41, 5.74) is -0.559. The first-order chi connectivity index (χ1) is 19.4. The van der Waals surface area contributed by atoms with Crippen molar-refractivity contribution >= 4 is 11.9 Å². The van der Waals surface area contributed by atoms with Gasteiger partial charge < -0.3 is 33.9 Å². The zero-order valence-corrected chi connectivity index (χ0v) is 25.2. The molecule has 5 fully saturated rings. The molecule has 9 heteroatoms. The van der Waals surface area contributed by atoms with Crippen LogP contribution in [0.5, 0.6) is 0 Å². The lowest BCUT2D eigenvalue weighted by molar-refractivity contribution is -0.273. The van der Waals surface area contributed by atoms with Gasteiger partial charge >= 0.3 is 11.9 Å². The van der Waals surface area contributed by atoms with Crippen LogP contribution in [0.4, 0.5) is 0 Å². The summed E-state index contributed by atoms with van der Waals surface area (Å²) >= 11 is 0. The van der Waals surface area contributed by atoms with Crippen LogP contribution >= 0.6 is 0 Å². The molecule has 4 saturated carbocycles. The summed E-state index contributed by atoms with van der Waals surface area (Å²) in [5, 5.41) is 23.0. The van der Waals surface area contributed by atoms with E-state index in [-0.39, 0.29) is 60.4 Å². The number of methoxy groups -OCH3 is 1. The molecule has 13 atom stereocenters. The van der Waals surface area contributed by atoms with Crippen LogP contribution in [0.3, 0.4) is 0 Å². The van der Waals surface area contributed by atoms with Gasteiger partial charge in [0.15, 0.2) is 6.29 Å². The van der Waals surface area contributed by atoms with Crippen molar-refractivity contribution in [1.82, 2.24) is 0 Å². The van der Waals surface area contributed by atoms with Crippen molar-refractivity contribution in [2.75, 3.05) is 13.7 Å². The molecular formula is C32H48O9. The molecule has 9 nitrogen and oxygen atoms in total. The second-order valence-corrected chi connectivity index (χ2v) is 14.3. The average Bonchev–Trinajstić information content (AvgIpc) is 3.42. The molecule has 0 aromatic heterocycles. The Balaban J connectivity index is 1.19. The van der Waals surface area contributed by atoms with Crippen molar-refractivity contribution in [1.29, 1.82) is 0 Å². The fraction of sp³-hybridized carbons (Fsp3) is 0.875. The molecule has 2 heterocycles. The first-order valence-corrected chi connectivity index (χ1v) is 15.7. The molecular weight excluding hydrogens is 528 g/mol. The number of rotatable bonds is 5. The summed E-state index contributed by atoms with van der Waals surface area (Å²) in [5.74, 6) is 0.0175. The summed E-state index contributed by atoms with van der Waals surface area (Å²) < 4.78 is 29.1. The Morgan fingerprint density at radius 3 is 2.54 bits per heavy atom. The van der Waals surface area contributed by atoms with Gasteiger partial charge in [-0.2, -0.15) is 0 Å². The number of ether oxygens (including phenoxy) is 5. The Labute approximate surface area is 243 Å². The molecule has 0 spiro atoms. The average molecular weight is 577 g/mol. The molecule has 0 bridgehead atoms. The molecule has 2 N–H and O–H groups in total. The Morgan fingerprint density at radius 2 is 1.85 bits per heavy atom. The highest BCUT2D eigenvalue weighted by Gasteiger charge is 2.71. The number of carbonyl (C=O) groups is 2. The van der Waals surface area contributed by atoms with E-state index in [0.29, 0.717) is 24.7 Å². The lowest BCUT2D eigenvalue weighted by atomic mass is 9.43. The monoisotopic (exact) mass is 576 g/mol. The number of hydrogen-bond acceptors (Lipinski definition) is 9. The fourth-order valence-corrected chi connectivity index (χ4v) is 10.4. The topological polar surface area (TPSA) is 121 Å². The quantitative estimate of drug-likeness (QED) is 0.373. The van der Waals surface area contributed by atoms with E-state index in [1.807, 2.05) is 6.92 Å². The maximum Gasteiger partial charge on any atom is 0.331 e. The minimum absolute atomic E-state index is 0.0898. The van der Waals surface area contributed by atoms with Gasteiger partial charge in [-0.1, -0.05) is 13.8 Å². The second kappa shape index (κ2) is 10.6. The number of aliphatic hydroxyl groups excluding tert-OH is 1. The number of esters is 2. The zero-order chi connectivity index (χ0) is 29.3. The molecule has 230 valence electrons. The van der Waals surface area contributed by atoms with Gasteiger partial charge in [0.2, 0.25) is 0 Å². The largest absolute Gasteiger partial charge is 0.462 e. The predicted octanol–water partition coefficient (Wildman–Crippen LogP) is 3.68. The minimum atomic E-state index is -0.990. The van der Waals surface area contributed by atoms with Crippen LogP contribution < -0.4 is 0 Å². The maximum atomic E-state index is 12.7. The lowest BCUT2D eigenvalue weighted by Crippen LogP contribution is -2.62. The van der Waals surface area contributed by atoms with Gasteiger partial charge in [-0.3, -0.25) is 4.79 Å². The van der Waals surface area contributed by atoms with Crippen LogP contribution in [-0.2, 0) is 33.3 Å². The summed E-state index contributed by atoms with van der Waals surface area (Å²) in [6.07, 6.45) is 7.14. The molecule has 4 aliphatic carbocycles. The van der Waals surface area contributed by atoms with Crippen molar-refractivity contribution < 1.29 is 43.5 Å². The van der Waals surface area contributed by atoms with Crippen LogP contribution in [0.2, 0.25) is 0 Å². The SMILES string of the molecule is CO[C@H]1C[C@H](O[C@H]2CC[C@]3(C)C4CC[C@]5(C)[C@@H](C6=CC(=O)OC6)[C@@H](OC(C)=O)C[C@]5(O)C4CC[C@@H]3C2)O[C@H](C)[C@@H]1O. The number of aliphatic hydroxyl groups is 2. The molecule has 6 rings (SSSR count). The molecule has 2 unspecified atom stereocenters. The number of cyclic esters (lactones) is 1. The summed E-state index contributed by atoms with van der Waals surface area (Å²) in [7, 11) is 1.62. The van der Waals surface area contributed by atoms with Gasteiger partial charge in [0.1, 0.15) is 18.8 Å². The fourth-order valence-electron chi connectivity index (χ4n) is 10.4. The van der Waals surface area contributed by atoms with E-state index in [1.54, 1.807) is 13.2 Å². The third-order valence-electron chi connectivity index (χ3n) is 12.5. The van der Waals surface area contributed by atoms with Crippen molar-refractivity contribution in [2.45, 2.75) is 128 Å². The van der Waals surface area contributed by atoms with Gasteiger partial charge in [-0.05, 0) is 80.6 Å². The van der Waals surface area contributed by atoms with E-state index in [2.05, 4.69) is 13.8 Å². The van der Waals surface area contributed by atoms with E-state index >= 15 is 0 Å². The van der Waals surface area contributed by atoms with Crippen molar-refractivity contribution in [3.8, 4) is 0 Å². The standard InChI is InChI=1S/C32H48O9/c1-17-29(35)24(37-5)14-27(39-17)41-21-8-10-30(3)20(13-21)6-7-23-22(30)9-11-31(4)28(19-12-26(34)38-16-19)25(40-18(2)33)15-32(23,31)36/h12,17,20-25,27-29,35-36H,6-11,13-16H2,1-5H3/t17-,20-,21+,22?,23?,24+,25+,27+,28+,29+,30+,31-,32+/m1/s1. The van der Waals surface area contributed by atoms with Gasteiger partial charge in [-0.25, -0.2) is 4.79 Å². The zero-order valence-electron chi connectivity index (χ0n) is 25.2. The van der Waals surface area contributed by atoms with E-state index in [9.17, 15) is 19.8 Å². The molecule has 0 aromatic rings. The van der Waals surface area contributed by atoms with Crippen molar-refractivity contribution in [3.05, 3.63) is 11.6 Å².